The lowest BCUT2D eigenvalue weighted by molar-refractivity contribution is -0.209. The Balaban J connectivity index is 1.27. The van der Waals surface area contributed by atoms with E-state index < -0.39 is 0 Å². The number of fused-ring (bicyclic) bond motifs is 1. The topological polar surface area (TPSA) is 99.4 Å². The van der Waals surface area contributed by atoms with Crippen LogP contribution in [0.1, 0.15) is 54.0 Å². The maximum Gasteiger partial charge on any atom is 0.115 e. The van der Waals surface area contributed by atoms with Gasteiger partial charge in [-0.25, -0.2) is 0 Å². The fourth-order valence-electron chi connectivity index (χ4n) is 6.72. The summed E-state index contributed by atoms with van der Waals surface area (Å²) in [5, 5.41) is 39.2. The number of aryl methyl sites for hydroxylation is 2. The molecule has 0 saturated carbocycles. The van der Waals surface area contributed by atoms with Crippen LogP contribution in [-0.2, 0) is 22.3 Å². The van der Waals surface area contributed by atoms with Gasteiger partial charge >= 0.3 is 0 Å². The average molecular weight is 593 g/mol. The van der Waals surface area contributed by atoms with E-state index in [9.17, 15) is 20.4 Å². The van der Waals surface area contributed by atoms with Crippen molar-refractivity contribution in [2.24, 2.45) is 11.8 Å². The summed E-state index contributed by atoms with van der Waals surface area (Å²) in [5.41, 5.74) is 4.38. The van der Waals surface area contributed by atoms with Crippen LogP contribution in [0.25, 0.3) is 6.08 Å². The summed E-state index contributed by atoms with van der Waals surface area (Å²) in [7, 11) is 0. The predicted molar refractivity (Wildman–Crippen MR) is 171 cm³/mol. The van der Waals surface area contributed by atoms with Gasteiger partial charge < -0.3 is 29.9 Å². The van der Waals surface area contributed by atoms with Crippen LogP contribution in [0, 0.1) is 11.8 Å². The first-order valence-corrected chi connectivity index (χ1v) is 15.5. The van der Waals surface area contributed by atoms with Crippen molar-refractivity contribution in [2.45, 2.75) is 62.9 Å². The SMILES string of the molecule is Oc1ccc(C=CC2CC(CCc3ccc(O)cc3)OC3CC(CCc4ccc(O)cc4)OC(c4ccc(O)cc4)C23)cc1. The van der Waals surface area contributed by atoms with Gasteiger partial charge in [0.15, 0.2) is 0 Å². The molecule has 6 heteroatoms. The van der Waals surface area contributed by atoms with E-state index in [0.29, 0.717) is 0 Å². The van der Waals surface area contributed by atoms with Crippen LogP contribution in [0.3, 0.4) is 0 Å². The van der Waals surface area contributed by atoms with Crippen molar-refractivity contribution in [3.05, 3.63) is 125 Å². The first kappa shape index (κ1) is 29.8. The molecule has 0 aliphatic carbocycles. The largest absolute Gasteiger partial charge is 0.508 e. The van der Waals surface area contributed by atoms with Crippen LogP contribution < -0.4 is 0 Å². The van der Waals surface area contributed by atoms with Gasteiger partial charge in [0.2, 0.25) is 0 Å². The van der Waals surface area contributed by atoms with Gasteiger partial charge in [-0.1, -0.05) is 60.7 Å². The predicted octanol–water partition coefficient (Wildman–Crippen LogP) is 7.71. The third-order valence-electron chi connectivity index (χ3n) is 9.04. The minimum atomic E-state index is -0.202. The molecule has 6 rings (SSSR count). The molecule has 4 aromatic rings. The molecule has 2 heterocycles. The van der Waals surface area contributed by atoms with Crippen LogP contribution >= 0.6 is 0 Å². The average Bonchev–Trinajstić information content (AvgIpc) is 3.04. The maximum atomic E-state index is 10.0. The Labute approximate surface area is 258 Å². The molecule has 6 nitrogen and oxygen atoms in total. The molecule has 2 aliphatic rings. The van der Waals surface area contributed by atoms with E-state index in [1.165, 1.54) is 5.56 Å². The van der Waals surface area contributed by atoms with Gasteiger partial charge in [-0.2, -0.15) is 0 Å². The molecule has 44 heavy (non-hydrogen) atoms. The van der Waals surface area contributed by atoms with E-state index in [2.05, 4.69) is 12.2 Å². The molecule has 6 atom stereocenters. The molecule has 0 amide bonds. The summed E-state index contributed by atoms with van der Waals surface area (Å²) in [6.07, 6.45) is 9.29. The second-order valence-corrected chi connectivity index (χ2v) is 12.1. The number of ether oxygens (including phenoxy) is 2. The van der Waals surface area contributed by atoms with Crippen molar-refractivity contribution in [1.82, 2.24) is 0 Å². The molecule has 0 spiro atoms. The van der Waals surface area contributed by atoms with Crippen LogP contribution in [0.15, 0.2) is 103 Å². The number of rotatable bonds is 9. The van der Waals surface area contributed by atoms with E-state index in [1.807, 2.05) is 48.5 Å². The summed E-state index contributed by atoms with van der Waals surface area (Å²) >= 11 is 0. The Morgan fingerprint density at radius 3 is 1.59 bits per heavy atom. The highest BCUT2D eigenvalue weighted by Crippen LogP contribution is 2.48. The van der Waals surface area contributed by atoms with Gasteiger partial charge in [0.05, 0.1) is 24.4 Å². The van der Waals surface area contributed by atoms with Gasteiger partial charge in [0.1, 0.15) is 23.0 Å². The summed E-state index contributed by atoms with van der Waals surface area (Å²) < 4.78 is 13.8. The minimum Gasteiger partial charge on any atom is -0.508 e. The number of aromatic hydroxyl groups is 4. The molecule has 0 aromatic heterocycles. The number of hydrogen-bond acceptors (Lipinski definition) is 6. The maximum absolute atomic E-state index is 10.0. The summed E-state index contributed by atoms with van der Waals surface area (Å²) in [6, 6.07) is 29.4. The van der Waals surface area contributed by atoms with Crippen molar-refractivity contribution in [2.75, 3.05) is 0 Å². The Hall–Kier alpha value is -4.26. The number of phenolic OH excluding ortho intramolecular Hbond substituents is 4. The van der Waals surface area contributed by atoms with Crippen molar-refractivity contribution in [3.63, 3.8) is 0 Å². The lowest BCUT2D eigenvalue weighted by Gasteiger charge is -2.50. The Morgan fingerprint density at radius 2 is 1.05 bits per heavy atom. The number of phenols is 4. The molecule has 4 aromatic carbocycles. The van der Waals surface area contributed by atoms with Gasteiger partial charge in [-0.3, -0.25) is 0 Å². The minimum absolute atomic E-state index is 0.0126. The molecule has 228 valence electrons. The van der Waals surface area contributed by atoms with Crippen LogP contribution in [0.2, 0.25) is 0 Å². The standard InChI is InChI=1S/C38H40O6/c39-30-13-2-25(3-14-30)1-10-29-23-34(21-8-26-4-15-31(40)16-5-26)43-36-24-35(22-9-27-6-17-32(41)18-7-27)44-38(37(29)36)28-11-19-33(42)20-12-28/h1-7,10-20,29,34-42H,8-9,21-24H2. The molecular weight excluding hydrogens is 552 g/mol. The number of hydrogen-bond donors (Lipinski definition) is 4. The van der Waals surface area contributed by atoms with E-state index in [4.69, 9.17) is 9.47 Å². The summed E-state index contributed by atoms with van der Waals surface area (Å²) in [4.78, 5) is 0. The molecule has 2 aliphatic heterocycles. The normalized spacial score (nSPS) is 25.1. The fraction of sp³-hybridized carbons (Fsp3) is 0.316. The second kappa shape index (κ2) is 13.6. The van der Waals surface area contributed by atoms with Gasteiger partial charge in [0, 0.05) is 12.3 Å². The van der Waals surface area contributed by atoms with E-state index >= 15 is 0 Å². The van der Waals surface area contributed by atoms with Gasteiger partial charge in [0.25, 0.3) is 0 Å². The van der Waals surface area contributed by atoms with Gasteiger partial charge in [-0.15, -0.1) is 0 Å². The third kappa shape index (κ3) is 7.44. The van der Waals surface area contributed by atoms with Gasteiger partial charge in [-0.05, 0) is 109 Å². The van der Waals surface area contributed by atoms with Crippen molar-refractivity contribution < 1.29 is 29.9 Å². The Morgan fingerprint density at radius 1 is 0.568 bits per heavy atom. The van der Waals surface area contributed by atoms with E-state index in [-0.39, 0.29) is 59.2 Å². The Kier molecular flexibility index (Phi) is 9.20. The van der Waals surface area contributed by atoms with E-state index in [0.717, 1.165) is 55.2 Å². The van der Waals surface area contributed by atoms with Crippen molar-refractivity contribution in [3.8, 4) is 23.0 Å². The molecule has 2 fully saturated rings. The molecule has 2 saturated heterocycles. The van der Waals surface area contributed by atoms with Crippen LogP contribution in [0.5, 0.6) is 23.0 Å². The zero-order valence-corrected chi connectivity index (χ0v) is 24.7. The van der Waals surface area contributed by atoms with Crippen molar-refractivity contribution in [1.29, 1.82) is 0 Å². The highest BCUT2D eigenvalue weighted by molar-refractivity contribution is 5.51. The monoisotopic (exact) mass is 592 g/mol. The Bertz CT molecular complexity index is 1510. The first-order valence-electron chi connectivity index (χ1n) is 15.5. The smallest absolute Gasteiger partial charge is 0.115 e. The number of benzene rings is 4. The zero-order valence-electron chi connectivity index (χ0n) is 24.7. The highest BCUT2D eigenvalue weighted by atomic mass is 16.5. The van der Waals surface area contributed by atoms with Crippen LogP contribution in [-0.4, -0.2) is 38.7 Å². The fourth-order valence-corrected chi connectivity index (χ4v) is 6.72. The summed E-state index contributed by atoms with van der Waals surface area (Å²) in [6.45, 7) is 0. The molecule has 6 unspecified atom stereocenters. The molecule has 0 bridgehead atoms. The quantitative estimate of drug-likeness (QED) is 0.159. The summed E-state index contributed by atoms with van der Waals surface area (Å²) in [5.74, 6) is 1.27. The lowest BCUT2D eigenvalue weighted by atomic mass is 9.71. The highest BCUT2D eigenvalue weighted by Gasteiger charge is 2.47. The third-order valence-corrected chi connectivity index (χ3v) is 9.04. The number of allylic oxidation sites excluding steroid dienone is 1. The molecular formula is C38H40O6. The van der Waals surface area contributed by atoms with Crippen LogP contribution in [0.4, 0.5) is 0 Å². The van der Waals surface area contributed by atoms with Crippen molar-refractivity contribution >= 4 is 6.08 Å². The zero-order chi connectivity index (χ0) is 30.5. The second-order valence-electron chi connectivity index (χ2n) is 12.1. The first-order chi connectivity index (χ1) is 21.4. The lowest BCUT2D eigenvalue weighted by Crippen LogP contribution is -2.50. The van der Waals surface area contributed by atoms with E-state index in [1.54, 1.807) is 48.5 Å². The molecule has 0 radical (unpaired) electrons. The molecule has 4 N–H and O–H groups in total.